The summed E-state index contributed by atoms with van der Waals surface area (Å²) >= 11 is 9.72. The van der Waals surface area contributed by atoms with E-state index in [4.69, 9.17) is 11.6 Å². The quantitative estimate of drug-likeness (QED) is 0.559. The number of fused-ring (bicyclic) bond motifs is 1. The van der Waals surface area contributed by atoms with Crippen LogP contribution in [0.1, 0.15) is 18.5 Å². The number of nitrogens with zero attached hydrogens (tertiary/aromatic N) is 4. The van der Waals surface area contributed by atoms with Crippen molar-refractivity contribution in [3.63, 3.8) is 0 Å². The fraction of sp³-hybridized carbons (Fsp3) is 0.300. The van der Waals surface area contributed by atoms with Crippen LogP contribution in [-0.2, 0) is 4.79 Å². The van der Waals surface area contributed by atoms with Crippen LogP contribution < -0.4 is 4.90 Å². The van der Waals surface area contributed by atoms with Crippen LogP contribution in [0.2, 0.25) is 5.02 Å². The zero-order chi connectivity index (χ0) is 19.0. The van der Waals surface area contributed by atoms with Gasteiger partial charge >= 0.3 is 0 Å². The molecule has 27 heavy (non-hydrogen) atoms. The van der Waals surface area contributed by atoms with Gasteiger partial charge in [-0.1, -0.05) is 33.6 Å². The van der Waals surface area contributed by atoms with E-state index in [2.05, 4.69) is 55.5 Å². The maximum absolute atomic E-state index is 10.9. The Morgan fingerprint density at radius 3 is 2.63 bits per heavy atom. The molecule has 0 saturated carbocycles. The van der Waals surface area contributed by atoms with Crippen molar-refractivity contribution in [2.75, 3.05) is 31.1 Å². The number of imidazole rings is 1. The topological polar surface area (TPSA) is 41.4 Å². The Balaban J connectivity index is 1.67. The molecule has 0 aliphatic carbocycles. The Kier molecular flexibility index (Phi) is 5.10. The van der Waals surface area contributed by atoms with Gasteiger partial charge in [-0.3, -0.25) is 4.79 Å². The third kappa shape index (κ3) is 3.56. The summed E-state index contributed by atoms with van der Waals surface area (Å²) in [5, 5.41) is 0.713. The molecule has 1 aromatic heterocycles. The van der Waals surface area contributed by atoms with Crippen molar-refractivity contribution in [3.05, 3.63) is 57.8 Å². The van der Waals surface area contributed by atoms with E-state index >= 15 is 0 Å². The molecular formula is C20H20BrClN4O. The van der Waals surface area contributed by atoms with E-state index in [0.29, 0.717) is 5.02 Å². The second kappa shape index (κ2) is 7.52. The molecule has 5 nitrogen and oxygen atoms in total. The molecule has 0 N–H and O–H groups in total. The standard InChI is InChI=1S/C20H20BrClN4O/c1-14(17-4-2-15(22)10-18(17)21)26-12-23-19-5-3-16(11-20(19)26)25-8-6-24(13-27)7-9-25/h2-5,10-14H,6-9H2,1H3. The summed E-state index contributed by atoms with van der Waals surface area (Å²) in [5.41, 5.74) is 4.39. The number of hydrogen-bond donors (Lipinski definition) is 0. The zero-order valence-electron chi connectivity index (χ0n) is 15.0. The molecule has 1 fully saturated rings. The number of carbonyl (C=O) groups is 1. The van der Waals surface area contributed by atoms with Crippen LogP contribution in [-0.4, -0.2) is 47.0 Å². The molecular weight excluding hydrogens is 428 g/mol. The van der Waals surface area contributed by atoms with Gasteiger partial charge in [0.15, 0.2) is 0 Å². The molecule has 140 valence electrons. The first-order chi connectivity index (χ1) is 13.1. The Morgan fingerprint density at radius 1 is 1.15 bits per heavy atom. The highest BCUT2D eigenvalue weighted by Gasteiger charge is 2.18. The number of aromatic nitrogens is 2. The van der Waals surface area contributed by atoms with Crippen LogP contribution in [0.15, 0.2) is 47.2 Å². The van der Waals surface area contributed by atoms with E-state index in [9.17, 15) is 4.79 Å². The molecule has 7 heteroatoms. The van der Waals surface area contributed by atoms with E-state index in [0.717, 1.165) is 59.3 Å². The summed E-state index contributed by atoms with van der Waals surface area (Å²) in [7, 11) is 0. The first-order valence-electron chi connectivity index (χ1n) is 8.92. The number of hydrogen-bond acceptors (Lipinski definition) is 3. The Hall–Kier alpha value is -2.05. The minimum Gasteiger partial charge on any atom is -0.368 e. The van der Waals surface area contributed by atoms with Crippen molar-refractivity contribution < 1.29 is 4.79 Å². The highest BCUT2D eigenvalue weighted by molar-refractivity contribution is 9.10. The van der Waals surface area contributed by atoms with Crippen molar-refractivity contribution in [1.29, 1.82) is 0 Å². The van der Waals surface area contributed by atoms with Crippen LogP contribution in [0.5, 0.6) is 0 Å². The average Bonchev–Trinajstić information content (AvgIpc) is 3.11. The van der Waals surface area contributed by atoms with E-state index < -0.39 is 0 Å². The van der Waals surface area contributed by atoms with Gasteiger partial charge in [0, 0.05) is 41.4 Å². The molecule has 0 spiro atoms. The maximum atomic E-state index is 10.9. The number of amides is 1. The number of piperazine rings is 1. The lowest BCUT2D eigenvalue weighted by Gasteiger charge is -2.34. The van der Waals surface area contributed by atoms with Crippen molar-refractivity contribution in [2.24, 2.45) is 0 Å². The third-order valence-corrected chi connectivity index (χ3v) is 6.14. The molecule has 0 bridgehead atoms. The SMILES string of the molecule is CC(c1ccc(Cl)cc1Br)n1cnc2ccc(N3CCN(C=O)CC3)cc21. The van der Waals surface area contributed by atoms with Crippen LogP contribution in [0.4, 0.5) is 5.69 Å². The molecule has 1 unspecified atom stereocenters. The summed E-state index contributed by atoms with van der Waals surface area (Å²) in [5.74, 6) is 0. The molecule has 1 aliphatic rings. The minimum atomic E-state index is 0.115. The van der Waals surface area contributed by atoms with Gasteiger partial charge in [0.2, 0.25) is 6.41 Å². The molecule has 2 heterocycles. The number of anilines is 1. The van der Waals surface area contributed by atoms with Crippen molar-refractivity contribution in [3.8, 4) is 0 Å². The van der Waals surface area contributed by atoms with Crippen molar-refractivity contribution >= 4 is 50.7 Å². The monoisotopic (exact) mass is 446 g/mol. The lowest BCUT2D eigenvalue weighted by molar-refractivity contribution is -0.118. The summed E-state index contributed by atoms with van der Waals surface area (Å²) < 4.78 is 3.18. The second-order valence-corrected chi connectivity index (χ2v) is 8.09. The largest absolute Gasteiger partial charge is 0.368 e. The van der Waals surface area contributed by atoms with E-state index in [-0.39, 0.29) is 6.04 Å². The summed E-state index contributed by atoms with van der Waals surface area (Å²) in [6.07, 6.45) is 2.83. The Labute approximate surface area is 171 Å². The molecule has 0 radical (unpaired) electrons. The minimum absolute atomic E-state index is 0.115. The van der Waals surface area contributed by atoms with Crippen LogP contribution >= 0.6 is 27.5 Å². The van der Waals surface area contributed by atoms with Crippen molar-refractivity contribution in [1.82, 2.24) is 14.5 Å². The predicted molar refractivity (Wildman–Crippen MR) is 113 cm³/mol. The van der Waals surface area contributed by atoms with Crippen LogP contribution in [0.25, 0.3) is 11.0 Å². The summed E-state index contributed by atoms with van der Waals surface area (Å²) in [6.45, 7) is 5.36. The van der Waals surface area contributed by atoms with Crippen molar-refractivity contribution in [2.45, 2.75) is 13.0 Å². The molecule has 2 aromatic carbocycles. The van der Waals surface area contributed by atoms with Gasteiger partial charge in [0.05, 0.1) is 23.4 Å². The van der Waals surface area contributed by atoms with Crippen LogP contribution in [0.3, 0.4) is 0 Å². The lowest BCUT2D eigenvalue weighted by Crippen LogP contribution is -2.45. The highest BCUT2D eigenvalue weighted by Crippen LogP contribution is 2.32. The summed E-state index contributed by atoms with van der Waals surface area (Å²) in [6, 6.07) is 12.4. The van der Waals surface area contributed by atoms with Gasteiger partial charge in [0.1, 0.15) is 0 Å². The molecule has 1 atom stereocenters. The number of halogens is 2. The second-order valence-electron chi connectivity index (χ2n) is 6.80. The van der Waals surface area contributed by atoms with Gasteiger partial charge in [0.25, 0.3) is 0 Å². The van der Waals surface area contributed by atoms with Gasteiger partial charge in [-0.15, -0.1) is 0 Å². The fourth-order valence-electron chi connectivity index (χ4n) is 3.60. The predicted octanol–water partition coefficient (Wildman–Crippen LogP) is 4.34. The number of rotatable bonds is 4. The highest BCUT2D eigenvalue weighted by atomic mass is 79.9. The van der Waals surface area contributed by atoms with Gasteiger partial charge in [-0.05, 0) is 42.8 Å². The van der Waals surface area contributed by atoms with Gasteiger partial charge in [-0.25, -0.2) is 4.98 Å². The fourth-order valence-corrected chi connectivity index (χ4v) is 4.61. The van der Waals surface area contributed by atoms with E-state index in [1.807, 2.05) is 29.4 Å². The molecule has 1 aliphatic heterocycles. The lowest BCUT2D eigenvalue weighted by atomic mass is 10.1. The Morgan fingerprint density at radius 2 is 1.93 bits per heavy atom. The average molecular weight is 448 g/mol. The van der Waals surface area contributed by atoms with Gasteiger partial charge in [-0.2, -0.15) is 0 Å². The summed E-state index contributed by atoms with van der Waals surface area (Å²) in [4.78, 5) is 19.6. The molecule has 3 aromatic rings. The number of benzene rings is 2. The third-order valence-electron chi connectivity index (χ3n) is 5.22. The molecule has 1 amide bonds. The van der Waals surface area contributed by atoms with Gasteiger partial charge < -0.3 is 14.4 Å². The molecule has 4 rings (SSSR count). The number of carbonyl (C=O) groups excluding carboxylic acids is 1. The van der Waals surface area contributed by atoms with E-state index in [1.165, 1.54) is 0 Å². The maximum Gasteiger partial charge on any atom is 0.209 e. The molecule has 1 saturated heterocycles. The first kappa shape index (κ1) is 18.3. The Bertz CT molecular complexity index is 981. The first-order valence-corrected chi connectivity index (χ1v) is 10.1. The zero-order valence-corrected chi connectivity index (χ0v) is 17.3. The van der Waals surface area contributed by atoms with Crippen LogP contribution in [0, 0.1) is 0 Å². The normalized spacial score (nSPS) is 16.0. The van der Waals surface area contributed by atoms with E-state index in [1.54, 1.807) is 0 Å². The smallest absolute Gasteiger partial charge is 0.209 e.